The third kappa shape index (κ3) is 7.80. The summed E-state index contributed by atoms with van der Waals surface area (Å²) < 4.78 is 24.1. The summed E-state index contributed by atoms with van der Waals surface area (Å²) in [6.07, 6.45) is 10.3. The largest absolute Gasteiger partial charge is 0.447 e. The van der Waals surface area contributed by atoms with Crippen LogP contribution in [0.25, 0.3) is 168 Å². The van der Waals surface area contributed by atoms with Crippen molar-refractivity contribution in [3.05, 3.63) is 158 Å². The first-order valence-corrected chi connectivity index (χ1v) is 28.0. The lowest BCUT2D eigenvalue weighted by atomic mass is 9.93. The predicted octanol–water partition coefficient (Wildman–Crippen LogP) is 9.63. The molecule has 17 aromatic rings. The highest BCUT2D eigenvalue weighted by molar-refractivity contribution is 7.10. The summed E-state index contributed by atoms with van der Waals surface area (Å²) in [5.74, 6) is 2.25. The summed E-state index contributed by atoms with van der Waals surface area (Å²) in [5.41, 5.74) is 13.9. The number of imidazole rings is 1. The number of aromatic amines is 6. The van der Waals surface area contributed by atoms with Gasteiger partial charge in [0.05, 0.1) is 57.0 Å². The van der Waals surface area contributed by atoms with Crippen LogP contribution in [0.1, 0.15) is 11.9 Å². The number of aromatic nitrogens is 26. The highest BCUT2D eigenvalue weighted by Gasteiger charge is 2.36. The minimum atomic E-state index is -0.870. The van der Waals surface area contributed by atoms with Crippen molar-refractivity contribution in [2.75, 3.05) is 0 Å². The lowest BCUT2D eigenvalue weighted by molar-refractivity contribution is 0.0508. The molecule has 89 heavy (non-hydrogen) atoms. The second-order valence-electron chi connectivity index (χ2n) is 20.2. The molecule has 0 radical (unpaired) electrons. The van der Waals surface area contributed by atoms with Crippen molar-refractivity contribution in [2.45, 2.75) is 6.29 Å². The van der Waals surface area contributed by atoms with Crippen molar-refractivity contribution in [3.63, 3.8) is 0 Å². The van der Waals surface area contributed by atoms with Crippen LogP contribution in [-0.4, -0.2) is 132 Å². The van der Waals surface area contributed by atoms with Crippen LogP contribution in [0.2, 0.25) is 0 Å². The zero-order valence-electron chi connectivity index (χ0n) is 45.1. The second kappa shape index (κ2) is 19.7. The van der Waals surface area contributed by atoms with Gasteiger partial charge in [-0.25, -0.2) is 25.0 Å². The molecule has 0 aliphatic carbocycles. The van der Waals surface area contributed by atoms with E-state index in [0.29, 0.717) is 95.1 Å². The molecule has 1 unspecified atom stereocenters. The van der Waals surface area contributed by atoms with E-state index in [9.17, 15) is 0 Å². The molecule has 6 N–H and O–H groups in total. The van der Waals surface area contributed by atoms with Gasteiger partial charge in [0.1, 0.15) is 38.9 Å². The SMILES string of the molecule is c1cnc(-c2cnc(-c3nnoc3-c3nnsc3-c3nnccc3-c3nccnc3-c3nc4c(-c5c(-c6[nH]c7ccccc7c6C6Oc7cccc(-c8n[nH]c9ccccc89)c7O6)ccc6[nH]nnc56)cccc4[nH]3)c(-c3nnn[nH]3)c2-c2cnn[nH]2)nc1. The van der Waals surface area contributed by atoms with E-state index in [0.717, 1.165) is 72.5 Å². The van der Waals surface area contributed by atoms with Gasteiger partial charge < -0.3 is 24.0 Å². The molecule has 1 aliphatic rings. The first-order valence-electron chi connectivity index (χ1n) is 27.2. The number of fused-ring (bicyclic) bond motifs is 5. The summed E-state index contributed by atoms with van der Waals surface area (Å²) in [6.45, 7) is 0. The quantitative estimate of drug-likeness (QED) is 0.0662. The Morgan fingerprint density at radius 3 is 2.22 bits per heavy atom. The Kier molecular flexibility index (Phi) is 10.9. The van der Waals surface area contributed by atoms with Crippen molar-refractivity contribution in [3.8, 4) is 135 Å². The summed E-state index contributed by atoms with van der Waals surface area (Å²) in [5, 5.41) is 69.8. The topological polar surface area (TPSA) is 384 Å². The predicted molar refractivity (Wildman–Crippen MR) is 319 cm³/mol. The van der Waals surface area contributed by atoms with Gasteiger partial charge in [-0.3, -0.25) is 25.3 Å². The first-order chi connectivity index (χ1) is 44.2. The number of rotatable bonds is 12. The second-order valence-corrected chi connectivity index (χ2v) is 20.9. The van der Waals surface area contributed by atoms with Crippen LogP contribution in [0, 0.1) is 0 Å². The summed E-state index contributed by atoms with van der Waals surface area (Å²) in [6, 6.07) is 35.3. The number of ether oxygens (including phenoxy) is 2. The number of benzene rings is 5. The first kappa shape index (κ1) is 49.3. The molecule has 0 amide bonds. The zero-order valence-corrected chi connectivity index (χ0v) is 45.9. The number of nitrogens with zero attached hydrogens (tertiary/aromatic N) is 20. The van der Waals surface area contributed by atoms with Gasteiger partial charge in [0.15, 0.2) is 40.4 Å². The van der Waals surface area contributed by atoms with E-state index in [1.807, 2.05) is 91.0 Å². The fourth-order valence-electron chi connectivity index (χ4n) is 11.6. The van der Waals surface area contributed by atoms with Crippen molar-refractivity contribution < 1.29 is 14.0 Å². The molecule has 30 heteroatoms. The lowest BCUT2D eigenvalue weighted by Crippen LogP contribution is -2.09. The van der Waals surface area contributed by atoms with E-state index in [-0.39, 0.29) is 28.7 Å². The standard InChI is InChI=1S/C59H32N26O3S/c1-3-12-33-26(8-1)41(59-86-38-15-6-11-31(53(38)87-59)43-27-9-2-4-13-34(27)70-74-43)45(67-33)29-16-17-36-48(75-81-71-36)39(29)28-10-5-14-35-44(28)69-58(68-35)51-46(60-22-23-61-51)30-18-21-65-73-47(30)55-52(77-85-89-55)54-50(76-84-88-54)49-42(57-78-82-83-79-57)40(37-25-66-80-72-37)32(24-64-49)56-62-19-7-20-63-56/h1-25,59,67H,(H,68,69)(H,70,74)(H,66,72,80)(H,71,75,81)(H,78,79,82,83). The van der Waals surface area contributed by atoms with Crippen LogP contribution in [0.3, 0.4) is 0 Å². The Morgan fingerprint density at radius 2 is 1.33 bits per heavy atom. The fourth-order valence-corrected chi connectivity index (χ4v) is 12.3. The molecule has 0 saturated heterocycles. The monoisotopic (exact) mass is 1180 g/mol. The number of pyridine rings is 1. The highest BCUT2D eigenvalue weighted by Crippen LogP contribution is 2.52. The van der Waals surface area contributed by atoms with E-state index < -0.39 is 6.29 Å². The van der Waals surface area contributed by atoms with Gasteiger partial charge in [-0.05, 0) is 76.6 Å². The number of tetrazole rings is 1. The van der Waals surface area contributed by atoms with Crippen molar-refractivity contribution in [1.82, 2.24) is 132 Å². The van der Waals surface area contributed by atoms with Gasteiger partial charge in [0.2, 0.25) is 5.76 Å². The molecule has 0 bridgehead atoms. The number of nitrogens with one attached hydrogen (secondary N) is 6. The van der Waals surface area contributed by atoms with Crippen molar-refractivity contribution >= 4 is 55.4 Å². The molecule has 5 aromatic carbocycles. The molecular weight excluding hydrogens is 1150 g/mol. The maximum absolute atomic E-state index is 6.94. The molecule has 0 saturated carbocycles. The Morgan fingerprint density at radius 1 is 0.461 bits per heavy atom. The van der Waals surface area contributed by atoms with Gasteiger partial charge in [-0.1, -0.05) is 69.5 Å². The highest BCUT2D eigenvalue weighted by atomic mass is 32.1. The van der Waals surface area contributed by atoms with Crippen LogP contribution < -0.4 is 9.47 Å². The van der Waals surface area contributed by atoms with Gasteiger partial charge in [-0.2, -0.15) is 10.2 Å². The van der Waals surface area contributed by atoms with Gasteiger partial charge >= 0.3 is 0 Å². The normalized spacial score (nSPS) is 13.0. The van der Waals surface area contributed by atoms with E-state index >= 15 is 0 Å². The van der Waals surface area contributed by atoms with Crippen LogP contribution in [0.5, 0.6) is 11.5 Å². The minimum Gasteiger partial charge on any atom is -0.447 e. The van der Waals surface area contributed by atoms with Crippen LogP contribution in [0.15, 0.2) is 157 Å². The van der Waals surface area contributed by atoms with Crippen LogP contribution in [-0.2, 0) is 0 Å². The number of hydrogen-bond acceptors (Lipinski definition) is 24. The van der Waals surface area contributed by atoms with E-state index in [2.05, 4.69) is 108 Å². The fraction of sp³-hybridized carbons (Fsp3) is 0.0169. The van der Waals surface area contributed by atoms with Crippen molar-refractivity contribution in [1.29, 1.82) is 0 Å². The lowest BCUT2D eigenvalue weighted by Gasteiger charge is -2.16. The molecule has 0 spiro atoms. The van der Waals surface area contributed by atoms with Gasteiger partial charge in [-0.15, -0.1) is 30.6 Å². The maximum Gasteiger partial charge on any atom is 0.270 e. The van der Waals surface area contributed by atoms with Crippen LogP contribution in [0.4, 0.5) is 0 Å². The van der Waals surface area contributed by atoms with Crippen LogP contribution >= 0.6 is 11.5 Å². The van der Waals surface area contributed by atoms with Gasteiger partial charge in [0, 0.05) is 91.5 Å². The Balaban J connectivity index is 0.743. The molecule has 1 aliphatic heterocycles. The third-order valence-corrected chi connectivity index (χ3v) is 16.1. The summed E-state index contributed by atoms with van der Waals surface area (Å²) >= 11 is 1.05. The smallest absolute Gasteiger partial charge is 0.270 e. The summed E-state index contributed by atoms with van der Waals surface area (Å²) in [7, 11) is 0. The Bertz CT molecular complexity index is 5580. The van der Waals surface area contributed by atoms with E-state index in [1.165, 1.54) is 0 Å². The molecule has 13 heterocycles. The number of H-pyrrole nitrogens is 6. The van der Waals surface area contributed by atoms with E-state index in [4.69, 9.17) is 44.1 Å². The number of para-hydroxylation sites is 4. The maximum atomic E-state index is 6.94. The zero-order chi connectivity index (χ0) is 58.5. The molecular formula is C59H32N26O3S. The average molecular weight is 1190 g/mol. The van der Waals surface area contributed by atoms with E-state index in [1.54, 1.807) is 55.5 Å². The molecule has 1 atom stereocenters. The average Bonchev–Trinajstić information content (AvgIpc) is 1.74. The van der Waals surface area contributed by atoms with Crippen molar-refractivity contribution in [2.24, 2.45) is 0 Å². The molecule has 422 valence electrons. The summed E-state index contributed by atoms with van der Waals surface area (Å²) in [4.78, 5) is 36.9. The third-order valence-electron chi connectivity index (χ3n) is 15.4. The Labute approximate surface area is 498 Å². The molecule has 18 rings (SSSR count). The molecule has 29 nitrogen and oxygen atoms in total. The molecule has 0 fully saturated rings. The number of hydrogen-bond donors (Lipinski definition) is 6. The Hall–Kier alpha value is -13.1. The minimum absolute atomic E-state index is 0.0933. The van der Waals surface area contributed by atoms with Gasteiger partial charge in [0.25, 0.3) is 6.29 Å². The molecule has 12 aromatic heterocycles.